The molecule has 2 N–H and O–H groups in total. The van der Waals surface area contributed by atoms with Gasteiger partial charge in [0.15, 0.2) is 6.34 Å². The highest BCUT2D eigenvalue weighted by Gasteiger charge is 2.26. The smallest absolute Gasteiger partial charge is 0.309 e. The number of benzene rings is 2. The number of amides is 1. The Bertz CT molecular complexity index is 1070. The van der Waals surface area contributed by atoms with Gasteiger partial charge in [0.05, 0.1) is 6.20 Å². The molecule has 2 heterocycles. The average Bonchev–Trinajstić information content (AvgIpc) is 3.40. The Morgan fingerprint density at radius 1 is 1.14 bits per heavy atom. The Morgan fingerprint density at radius 3 is 2.69 bits per heavy atom. The number of nitrogens with zero attached hydrogens (tertiary/aromatic N) is 3. The maximum absolute atomic E-state index is 12.8. The van der Waals surface area contributed by atoms with Gasteiger partial charge in [-0.15, -0.1) is 10.2 Å². The average molecular weight is 429 g/mol. The number of hydrogen-bond donors (Lipinski definition) is 2. The fourth-order valence-corrected chi connectivity index (χ4v) is 3.47. The minimum Gasteiger partial charge on any atom is -0.412 e. The van der Waals surface area contributed by atoms with Crippen LogP contribution in [0.2, 0.25) is 10.0 Å². The van der Waals surface area contributed by atoms with E-state index < -0.39 is 11.9 Å². The van der Waals surface area contributed by atoms with Gasteiger partial charge in [0.1, 0.15) is 18.8 Å². The molecule has 0 bridgehead atoms. The second-order valence-corrected chi connectivity index (χ2v) is 7.19. The maximum Gasteiger partial charge on any atom is 0.309 e. The molecule has 2 aromatic carbocycles. The molecule has 2 atom stereocenters. The van der Waals surface area contributed by atoms with Gasteiger partial charge >= 0.3 is 11.8 Å². The van der Waals surface area contributed by atoms with Gasteiger partial charge < -0.3 is 9.73 Å². The van der Waals surface area contributed by atoms with Crippen molar-refractivity contribution in [2.24, 2.45) is 4.99 Å². The third kappa shape index (κ3) is 4.54. The number of carbonyl (C=O) groups is 1. The molecule has 3 aromatic rings. The summed E-state index contributed by atoms with van der Waals surface area (Å²) in [6.45, 7) is 0.493. The molecule has 1 amide bonds. The second kappa shape index (κ2) is 8.57. The molecule has 0 saturated heterocycles. The molecule has 1 aliphatic rings. The van der Waals surface area contributed by atoms with Crippen LogP contribution in [0.4, 0.5) is 0 Å². The van der Waals surface area contributed by atoms with Crippen molar-refractivity contribution >= 4 is 35.4 Å². The van der Waals surface area contributed by atoms with Gasteiger partial charge in [-0.1, -0.05) is 47.5 Å². The third-order valence-corrected chi connectivity index (χ3v) is 4.90. The normalized spacial score (nSPS) is 16.1. The van der Waals surface area contributed by atoms with Crippen LogP contribution >= 0.6 is 23.2 Å². The van der Waals surface area contributed by atoms with Crippen molar-refractivity contribution < 1.29 is 14.1 Å². The van der Waals surface area contributed by atoms with Gasteiger partial charge in [-0.05, 0) is 29.8 Å². The molecule has 1 aliphatic heterocycles. The number of aromatic nitrogens is 2. The first kappa shape index (κ1) is 19.3. The van der Waals surface area contributed by atoms with Crippen molar-refractivity contribution in [2.45, 2.75) is 6.04 Å². The highest BCUT2D eigenvalue weighted by Crippen LogP contribution is 2.26. The number of quaternary nitrogens is 1. The second-order valence-electron chi connectivity index (χ2n) is 6.34. The molecule has 146 valence electrons. The first-order valence-electron chi connectivity index (χ1n) is 8.80. The SMILES string of the molecule is O=C(NC(C[NH+]1C=CN=C1)c1ccc(Cl)cc1Cl)c1nnc(-c2ccccc2)o1. The Morgan fingerprint density at radius 2 is 1.97 bits per heavy atom. The van der Waals surface area contributed by atoms with Crippen LogP contribution in [0.25, 0.3) is 11.5 Å². The van der Waals surface area contributed by atoms with Crippen LogP contribution in [0.15, 0.2) is 70.3 Å². The number of hydrogen-bond acceptors (Lipinski definition) is 5. The summed E-state index contributed by atoms with van der Waals surface area (Å²) < 4.78 is 5.55. The number of rotatable bonds is 6. The van der Waals surface area contributed by atoms with Crippen LogP contribution in [-0.4, -0.2) is 29.0 Å². The minimum atomic E-state index is -0.491. The highest BCUT2D eigenvalue weighted by atomic mass is 35.5. The molecule has 0 spiro atoms. The molecule has 7 nitrogen and oxygen atoms in total. The maximum atomic E-state index is 12.8. The van der Waals surface area contributed by atoms with Gasteiger partial charge in [0, 0.05) is 15.6 Å². The van der Waals surface area contributed by atoms with Crippen molar-refractivity contribution in [1.29, 1.82) is 0 Å². The summed E-state index contributed by atoms with van der Waals surface area (Å²) in [5.41, 5.74) is 1.47. The van der Waals surface area contributed by atoms with E-state index in [1.165, 1.54) is 0 Å². The Hall–Kier alpha value is -3.00. The Balaban J connectivity index is 1.57. The van der Waals surface area contributed by atoms with Crippen molar-refractivity contribution in [3.8, 4) is 11.5 Å². The van der Waals surface area contributed by atoms with Crippen molar-refractivity contribution in [3.05, 3.63) is 82.4 Å². The summed E-state index contributed by atoms with van der Waals surface area (Å²) in [7, 11) is 0. The quantitative estimate of drug-likeness (QED) is 0.631. The molecule has 2 unspecified atom stereocenters. The summed E-state index contributed by atoms with van der Waals surface area (Å²) in [6, 6.07) is 14.0. The van der Waals surface area contributed by atoms with Crippen molar-refractivity contribution in [3.63, 3.8) is 0 Å². The van der Waals surface area contributed by atoms with E-state index in [2.05, 4.69) is 20.5 Å². The summed E-state index contributed by atoms with van der Waals surface area (Å²) in [5.74, 6) is -0.341. The molecular formula is C20H16Cl2N5O2+. The topological polar surface area (TPSA) is 84.8 Å². The molecule has 9 heteroatoms. The van der Waals surface area contributed by atoms with Gasteiger partial charge in [0.2, 0.25) is 5.89 Å². The lowest BCUT2D eigenvalue weighted by Crippen LogP contribution is -3.06. The molecule has 4 rings (SSSR count). The molecular weight excluding hydrogens is 413 g/mol. The molecule has 0 saturated carbocycles. The van der Waals surface area contributed by atoms with Gasteiger partial charge in [-0.2, -0.15) is 0 Å². The van der Waals surface area contributed by atoms with Crippen LogP contribution in [0, 0.1) is 0 Å². The largest absolute Gasteiger partial charge is 0.412 e. The number of carbonyl (C=O) groups excluding carboxylic acids is 1. The van der Waals surface area contributed by atoms with E-state index in [4.69, 9.17) is 27.6 Å². The Labute approximate surface area is 176 Å². The standard InChI is InChI=1S/C20H15Cl2N5O2/c21-14-6-7-15(16(22)10-14)17(11-27-9-8-23-12-27)24-18(28)20-26-25-19(29-20)13-4-2-1-3-5-13/h1-10,12,17H,11H2,(H,24,28)/p+1. The summed E-state index contributed by atoms with van der Waals surface area (Å²) in [6.07, 6.45) is 5.31. The van der Waals surface area contributed by atoms with Gasteiger partial charge in [-0.25, -0.2) is 4.99 Å². The lowest BCUT2D eigenvalue weighted by atomic mass is 10.1. The van der Waals surface area contributed by atoms with E-state index >= 15 is 0 Å². The fourth-order valence-electron chi connectivity index (χ4n) is 2.93. The van der Waals surface area contributed by atoms with Crippen molar-refractivity contribution in [1.82, 2.24) is 15.5 Å². The predicted octanol–water partition coefficient (Wildman–Crippen LogP) is 2.91. The zero-order valence-electron chi connectivity index (χ0n) is 15.0. The number of nitrogens with one attached hydrogen (secondary N) is 2. The van der Waals surface area contributed by atoms with Gasteiger partial charge in [-0.3, -0.25) is 9.69 Å². The van der Waals surface area contributed by atoms with Crippen LogP contribution in [0.1, 0.15) is 22.3 Å². The zero-order chi connectivity index (χ0) is 20.2. The van der Waals surface area contributed by atoms with Crippen LogP contribution < -0.4 is 10.2 Å². The van der Waals surface area contributed by atoms with E-state index in [0.717, 1.165) is 16.0 Å². The summed E-state index contributed by atoms with van der Waals surface area (Å²) in [5, 5.41) is 11.7. The number of halogens is 2. The lowest BCUT2D eigenvalue weighted by Gasteiger charge is -2.20. The van der Waals surface area contributed by atoms with E-state index in [-0.39, 0.29) is 11.8 Å². The minimum absolute atomic E-state index is 0.125. The first-order chi connectivity index (χ1) is 14.1. The molecule has 29 heavy (non-hydrogen) atoms. The summed E-state index contributed by atoms with van der Waals surface area (Å²) >= 11 is 12.4. The van der Waals surface area contributed by atoms with Crippen LogP contribution in [0.3, 0.4) is 0 Å². The first-order valence-corrected chi connectivity index (χ1v) is 9.56. The monoisotopic (exact) mass is 428 g/mol. The number of aliphatic imine (C=N–C) groups is 1. The lowest BCUT2D eigenvalue weighted by molar-refractivity contribution is -0.738. The molecule has 0 radical (unpaired) electrons. The summed E-state index contributed by atoms with van der Waals surface area (Å²) in [4.78, 5) is 17.8. The molecule has 1 aromatic heterocycles. The van der Waals surface area contributed by atoms with Crippen molar-refractivity contribution in [2.75, 3.05) is 6.54 Å². The highest BCUT2D eigenvalue weighted by molar-refractivity contribution is 6.35. The Kier molecular flexibility index (Phi) is 5.71. The van der Waals surface area contributed by atoms with E-state index in [1.807, 2.05) is 36.5 Å². The molecule has 0 aliphatic carbocycles. The van der Waals surface area contributed by atoms with Crippen LogP contribution in [0.5, 0.6) is 0 Å². The predicted molar refractivity (Wildman–Crippen MR) is 110 cm³/mol. The molecule has 0 fully saturated rings. The van der Waals surface area contributed by atoms with Crippen LogP contribution in [-0.2, 0) is 0 Å². The zero-order valence-corrected chi connectivity index (χ0v) is 16.6. The van der Waals surface area contributed by atoms with Gasteiger partial charge in [0.25, 0.3) is 0 Å². The third-order valence-electron chi connectivity index (χ3n) is 4.34. The fraction of sp³-hybridized carbons (Fsp3) is 0.100. The van der Waals surface area contributed by atoms with E-state index in [0.29, 0.717) is 16.6 Å². The van der Waals surface area contributed by atoms with E-state index in [1.54, 1.807) is 30.7 Å². The van der Waals surface area contributed by atoms with E-state index in [9.17, 15) is 4.79 Å².